The maximum absolute atomic E-state index is 5.45. The first-order chi connectivity index (χ1) is 4.83. The van der Waals surface area contributed by atoms with Crippen molar-refractivity contribution in [1.29, 1.82) is 0 Å². The number of allylic oxidation sites excluding steroid dienone is 1. The molecule has 1 rings (SSSR count). The molecule has 0 aromatic carbocycles. The molecule has 3 heteroatoms. The Morgan fingerprint density at radius 3 is 3.10 bits per heavy atom. The van der Waals surface area contributed by atoms with Gasteiger partial charge >= 0.3 is 0 Å². The highest BCUT2D eigenvalue weighted by Crippen LogP contribution is 2.09. The molecule has 1 aromatic rings. The van der Waals surface area contributed by atoms with Gasteiger partial charge in [-0.3, -0.25) is 0 Å². The first-order valence-electron chi connectivity index (χ1n) is 2.97. The summed E-state index contributed by atoms with van der Waals surface area (Å²) < 4.78 is 0. The van der Waals surface area contributed by atoms with E-state index in [2.05, 4.69) is 4.98 Å². The van der Waals surface area contributed by atoms with Crippen LogP contribution in [0.15, 0.2) is 11.5 Å². The highest BCUT2D eigenvalue weighted by Gasteiger charge is 1.90. The van der Waals surface area contributed by atoms with Crippen molar-refractivity contribution in [3.8, 4) is 0 Å². The summed E-state index contributed by atoms with van der Waals surface area (Å²) in [6.07, 6.45) is 3.82. The van der Waals surface area contributed by atoms with Gasteiger partial charge in [-0.05, 0) is 13.0 Å². The summed E-state index contributed by atoms with van der Waals surface area (Å²) in [6.45, 7) is 1.98. The molecule has 0 N–H and O–H groups in total. The summed E-state index contributed by atoms with van der Waals surface area (Å²) in [5.74, 6) is 0.554. The molecule has 0 atom stereocenters. The van der Waals surface area contributed by atoms with Gasteiger partial charge in [0.05, 0.1) is 0 Å². The summed E-state index contributed by atoms with van der Waals surface area (Å²) in [5.41, 5.74) is 1.07. The molecule has 10 heavy (non-hydrogen) atoms. The van der Waals surface area contributed by atoms with Crippen molar-refractivity contribution in [2.45, 2.75) is 6.92 Å². The zero-order chi connectivity index (χ0) is 7.40. The van der Waals surface area contributed by atoms with E-state index in [1.165, 1.54) is 0 Å². The Labute approximate surface area is 69.4 Å². The summed E-state index contributed by atoms with van der Waals surface area (Å²) in [7, 11) is 0. The Bertz CT molecular complexity index is 229. The molecule has 1 aromatic heterocycles. The molecule has 54 valence electrons. The first kappa shape index (κ1) is 7.76. The number of halogens is 1. The van der Waals surface area contributed by atoms with Gasteiger partial charge in [-0.25, -0.2) is 4.98 Å². The number of hydrogen-bond donors (Lipinski definition) is 0. The zero-order valence-corrected chi connectivity index (χ0v) is 7.25. The standard InChI is InChI=1S/C7H8ClNS/c1-6-5-10-7(9-6)3-2-4-8/h2-3,5H,4H2,1H3/b3-2+. The quantitative estimate of drug-likeness (QED) is 0.627. The highest BCUT2D eigenvalue weighted by atomic mass is 35.5. The van der Waals surface area contributed by atoms with Gasteiger partial charge in [-0.2, -0.15) is 0 Å². The van der Waals surface area contributed by atoms with Crippen LogP contribution in [0.2, 0.25) is 0 Å². The van der Waals surface area contributed by atoms with Gasteiger partial charge in [0.2, 0.25) is 0 Å². The lowest BCUT2D eigenvalue weighted by atomic mass is 10.5. The van der Waals surface area contributed by atoms with Crippen LogP contribution in [0.4, 0.5) is 0 Å². The van der Waals surface area contributed by atoms with E-state index < -0.39 is 0 Å². The van der Waals surface area contributed by atoms with Gasteiger partial charge in [0, 0.05) is 17.0 Å². The Hall–Kier alpha value is -0.340. The predicted octanol–water partition coefficient (Wildman–Crippen LogP) is 2.70. The lowest BCUT2D eigenvalue weighted by Gasteiger charge is -1.78. The summed E-state index contributed by atoms with van der Waals surface area (Å²) in [5, 5.41) is 3.05. The number of aryl methyl sites for hydroxylation is 1. The van der Waals surface area contributed by atoms with Crippen LogP contribution in [0.5, 0.6) is 0 Å². The lowest BCUT2D eigenvalue weighted by Crippen LogP contribution is -1.70. The molecule has 0 saturated carbocycles. The van der Waals surface area contributed by atoms with Crippen LogP contribution in [0.3, 0.4) is 0 Å². The third kappa shape index (κ3) is 2.12. The smallest absolute Gasteiger partial charge is 0.116 e. The molecule has 0 unspecified atom stereocenters. The van der Waals surface area contributed by atoms with E-state index in [1.807, 2.05) is 24.5 Å². The average Bonchev–Trinajstić information content (AvgIpc) is 2.31. The normalized spacial score (nSPS) is 11.0. The van der Waals surface area contributed by atoms with Crippen LogP contribution in [0.1, 0.15) is 10.7 Å². The van der Waals surface area contributed by atoms with Crippen LogP contribution in [-0.2, 0) is 0 Å². The van der Waals surface area contributed by atoms with Crippen molar-refractivity contribution in [2.75, 3.05) is 5.88 Å². The van der Waals surface area contributed by atoms with E-state index in [-0.39, 0.29) is 0 Å². The van der Waals surface area contributed by atoms with Crippen molar-refractivity contribution >= 4 is 29.0 Å². The van der Waals surface area contributed by atoms with Crippen molar-refractivity contribution in [1.82, 2.24) is 4.98 Å². The second-order valence-corrected chi connectivity index (χ2v) is 3.08. The highest BCUT2D eigenvalue weighted by molar-refractivity contribution is 7.10. The molecule has 0 bridgehead atoms. The SMILES string of the molecule is Cc1csc(/C=C/CCl)n1. The van der Waals surface area contributed by atoms with Crippen LogP contribution >= 0.6 is 22.9 Å². The number of aromatic nitrogens is 1. The molecule has 0 aliphatic rings. The number of alkyl halides is 1. The third-order valence-electron chi connectivity index (χ3n) is 0.986. The largest absolute Gasteiger partial charge is 0.242 e. The molecule has 0 aliphatic carbocycles. The number of nitrogens with zero attached hydrogens (tertiary/aromatic N) is 1. The maximum atomic E-state index is 5.45. The van der Waals surface area contributed by atoms with Crippen LogP contribution in [-0.4, -0.2) is 10.9 Å². The van der Waals surface area contributed by atoms with Gasteiger partial charge in [0.25, 0.3) is 0 Å². The van der Waals surface area contributed by atoms with E-state index in [4.69, 9.17) is 11.6 Å². The van der Waals surface area contributed by atoms with Gasteiger partial charge in [0.15, 0.2) is 0 Å². The summed E-state index contributed by atoms with van der Waals surface area (Å²) in [6, 6.07) is 0. The Morgan fingerprint density at radius 1 is 1.80 bits per heavy atom. The average molecular weight is 174 g/mol. The topological polar surface area (TPSA) is 12.9 Å². The summed E-state index contributed by atoms with van der Waals surface area (Å²) >= 11 is 7.08. The van der Waals surface area contributed by atoms with E-state index in [1.54, 1.807) is 11.3 Å². The van der Waals surface area contributed by atoms with E-state index in [0.717, 1.165) is 10.7 Å². The molecular formula is C7H8ClNS. The van der Waals surface area contributed by atoms with E-state index >= 15 is 0 Å². The number of rotatable bonds is 2. The van der Waals surface area contributed by atoms with Crippen LogP contribution < -0.4 is 0 Å². The van der Waals surface area contributed by atoms with Gasteiger partial charge in [-0.15, -0.1) is 22.9 Å². The molecule has 0 amide bonds. The maximum Gasteiger partial charge on any atom is 0.116 e. The molecule has 0 spiro atoms. The Balaban J connectivity index is 2.67. The molecule has 0 aliphatic heterocycles. The van der Waals surface area contributed by atoms with Crippen LogP contribution in [0.25, 0.3) is 6.08 Å². The predicted molar refractivity (Wildman–Crippen MR) is 46.6 cm³/mol. The monoisotopic (exact) mass is 173 g/mol. The third-order valence-corrected chi connectivity index (χ3v) is 2.09. The Morgan fingerprint density at radius 2 is 2.60 bits per heavy atom. The van der Waals surface area contributed by atoms with Gasteiger partial charge in [-0.1, -0.05) is 6.08 Å². The number of thiazole rings is 1. The Kier molecular flexibility index (Phi) is 2.90. The van der Waals surface area contributed by atoms with Gasteiger partial charge in [0.1, 0.15) is 5.01 Å². The van der Waals surface area contributed by atoms with Crippen molar-refractivity contribution in [3.63, 3.8) is 0 Å². The van der Waals surface area contributed by atoms with Crippen LogP contribution in [0, 0.1) is 6.92 Å². The molecule has 1 heterocycles. The fourth-order valence-electron chi connectivity index (χ4n) is 0.594. The van der Waals surface area contributed by atoms with E-state index in [9.17, 15) is 0 Å². The molecule has 0 radical (unpaired) electrons. The molecule has 0 fully saturated rings. The summed E-state index contributed by atoms with van der Waals surface area (Å²) in [4.78, 5) is 4.22. The number of hydrogen-bond acceptors (Lipinski definition) is 2. The zero-order valence-electron chi connectivity index (χ0n) is 5.67. The molecular weight excluding hydrogens is 166 g/mol. The minimum absolute atomic E-state index is 0.554. The lowest BCUT2D eigenvalue weighted by molar-refractivity contribution is 1.25. The fraction of sp³-hybridized carbons (Fsp3) is 0.286. The van der Waals surface area contributed by atoms with Gasteiger partial charge < -0.3 is 0 Å². The minimum atomic E-state index is 0.554. The second kappa shape index (κ2) is 3.74. The first-order valence-corrected chi connectivity index (χ1v) is 4.39. The molecule has 0 saturated heterocycles. The van der Waals surface area contributed by atoms with Crippen molar-refractivity contribution in [3.05, 3.63) is 22.2 Å². The second-order valence-electron chi connectivity index (χ2n) is 1.88. The van der Waals surface area contributed by atoms with E-state index in [0.29, 0.717) is 5.88 Å². The van der Waals surface area contributed by atoms with Crippen molar-refractivity contribution in [2.24, 2.45) is 0 Å². The minimum Gasteiger partial charge on any atom is -0.242 e. The van der Waals surface area contributed by atoms with Crippen molar-refractivity contribution < 1.29 is 0 Å². The fourth-order valence-corrected chi connectivity index (χ4v) is 1.40. The molecule has 1 nitrogen and oxygen atoms in total.